The van der Waals surface area contributed by atoms with E-state index in [-0.39, 0.29) is 25.2 Å². The predicted octanol–water partition coefficient (Wildman–Crippen LogP) is 6.42. The van der Waals surface area contributed by atoms with E-state index < -0.39 is 70.5 Å². The molecule has 9 atom stereocenters. The first kappa shape index (κ1) is 35.2. The number of carbonyl (C=O) groups excluding carboxylic acids is 4. The third kappa shape index (κ3) is 6.73. The third-order valence-corrected chi connectivity index (χ3v) is 10.1. The molecule has 2 aromatic rings. The first-order valence-corrected chi connectivity index (χ1v) is 16.2. The van der Waals surface area contributed by atoms with E-state index in [1.54, 1.807) is 40.8 Å². The number of benzene rings is 1. The highest BCUT2D eigenvalue weighted by molar-refractivity contribution is 6.07. The highest BCUT2D eigenvalue weighted by Gasteiger charge is 2.58. The van der Waals surface area contributed by atoms with Crippen LogP contribution in [0, 0.1) is 23.7 Å². The van der Waals surface area contributed by atoms with E-state index in [4.69, 9.17) is 14.2 Å². The molecular weight excluding hydrogens is 591 g/mol. The number of alkyl carbamates (subject to hydrolysis) is 1. The van der Waals surface area contributed by atoms with Gasteiger partial charge < -0.3 is 19.5 Å². The van der Waals surface area contributed by atoms with Crippen LogP contribution in [-0.4, -0.2) is 64.2 Å². The van der Waals surface area contributed by atoms with Gasteiger partial charge in [0.25, 0.3) is 5.67 Å². The topological polar surface area (TPSA) is 121 Å². The number of Topliss-reactive ketones (excluding diaryl/α,β-unsaturated/α-hetero) is 2. The number of esters is 1. The number of hydrogen-bond donors (Lipinski definition) is 1. The molecule has 0 aliphatic carbocycles. The zero-order chi connectivity index (χ0) is 34.0. The van der Waals surface area contributed by atoms with E-state index in [0.29, 0.717) is 6.42 Å². The molecule has 0 saturated carbocycles. The number of cyclic esters (lactones) is 1. The largest absolute Gasteiger partial charge is 0.455 e. The Morgan fingerprint density at radius 1 is 1.04 bits per heavy atom. The maximum absolute atomic E-state index is 16.3. The number of hydrogen-bond acceptors (Lipinski definition) is 8. The Kier molecular flexibility index (Phi) is 10.4. The number of halogens is 1. The van der Waals surface area contributed by atoms with E-state index in [1.165, 1.54) is 0 Å². The summed E-state index contributed by atoms with van der Waals surface area (Å²) in [5, 5.41) is 3.72. The molecule has 2 aliphatic heterocycles. The van der Waals surface area contributed by atoms with Gasteiger partial charge in [-0.05, 0) is 63.6 Å². The van der Waals surface area contributed by atoms with Gasteiger partial charge in [-0.2, -0.15) is 0 Å². The lowest BCUT2D eigenvalue weighted by atomic mass is 9.69. The van der Waals surface area contributed by atoms with Crippen LogP contribution in [0.3, 0.4) is 0 Å². The Morgan fingerprint density at radius 2 is 1.74 bits per heavy atom. The zero-order valence-electron chi connectivity index (χ0n) is 28.1. The van der Waals surface area contributed by atoms with Crippen molar-refractivity contribution in [2.75, 3.05) is 6.61 Å². The quantitative estimate of drug-likeness (QED) is 0.284. The lowest BCUT2D eigenvalue weighted by molar-refractivity contribution is -0.181. The second-order valence-corrected chi connectivity index (χ2v) is 13.5. The van der Waals surface area contributed by atoms with Crippen molar-refractivity contribution < 1.29 is 37.8 Å². The van der Waals surface area contributed by atoms with Crippen LogP contribution in [0.5, 0.6) is 0 Å². The summed E-state index contributed by atoms with van der Waals surface area (Å²) in [4.78, 5) is 58.1. The number of ketones is 2. The summed E-state index contributed by atoms with van der Waals surface area (Å²) >= 11 is 0. The number of fused-ring (bicyclic) bond motifs is 2. The molecule has 9 nitrogen and oxygen atoms in total. The molecule has 4 rings (SSSR count). The highest BCUT2D eigenvalue weighted by Crippen LogP contribution is 2.42. The van der Waals surface area contributed by atoms with Gasteiger partial charge in [-0.3, -0.25) is 14.6 Å². The second kappa shape index (κ2) is 13.6. The van der Waals surface area contributed by atoms with Crippen LogP contribution in [-0.2, 0) is 28.6 Å². The lowest BCUT2D eigenvalue weighted by Crippen LogP contribution is -2.59. The Bertz CT molecular complexity index is 1510. The second-order valence-electron chi connectivity index (χ2n) is 13.5. The van der Waals surface area contributed by atoms with E-state index in [2.05, 4.69) is 10.3 Å². The fourth-order valence-electron chi connectivity index (χ4n) is 7.56. The smallest absolute Gasteiger partial charge is 0.408 e. The van der Waals surface area contributed by atoms with Crippen LogP contribution < -0.4 is 5.32 Å². The molecule has 46 heavy (non-hydrogen) atoms. The first-order chi connectivity index (χ1) is 21.6. The average Bonchev–Trinajstić information content (AvgIpc) is 3.34. The number of rotatable bonds is 6. The Hall–Kier alpha value is -3.66. The third-order valence-electron chi connectivity index (χ3n) is 10.1. The molecule has 2 fully saturated rings. The molecular formula is C36H47FN2O7. The minimum absolute atomic E-state index is 0.142. The molecule has 10 heteroatoms. The SMILES string of the molecule is CC[C@@H]1[C@@H](C)C(=O)[C@](C)(F)C(=O)O[C@H](CC)[C@@]2(C)OC(=O)N[C@@H]2[C@@H](C)C(=O)[C@H](C)C[C@@]1(C)OC/C=C/c1cnc2ccccc2c1. The lowest BCUT2D eigenvalue weighted by Gasteiger charge is -2.44. The standard InChI is InChI=1S/C36H47FN2O7/c1-9-26-22(4)31(41)35(7,37)32(42)45-28(10-2)36(8)30(39-33(43)46-36)23(5)29(40)21(3)19-34(26,6)44-17-13-14-24-18-25-15-11-12-16-27(25)38-20-24/h11-16,18,20-23,26,28,30H,9-10,17,19H2,1-8H3,(H,39,43)/b14-13+/t21-,22-,23+,26-,28-,30-,34-,35+,36-/m1/s1. The van der Waals surface area contributed by atoms with Crippen molar-refractivity contribution in [1.29, 1.82) is 0 Å². The number of pyridine rings is 1. The Morgan fingerprint density at radius 3 is 2.41 bits per heavy atom. The van der Waals surface area contributed by atoms with Gasteiger partial charge in [-0.25, -0.2) is 14.0 Å². The summed E-state index contributed by atoms with van der Waals surface area (Å²) in [5.41, 5.74) is -3.74. The molecule has 0 radical (unpaired) electrons. The number of nitrogens with zero attached hydrogens (tertiary/aromatic N) is 1. The summed E-state index contributed by atoms with van der Waals surface area (Å²) in [5.74, 6) is -5.22. The number of amides is 1. The fourth-order valence-corrected chi connectivity index (χ4v) is 7.56. The molecule has 0 bridgehead atoms. The van der Waals surface area contributed by atoms with Gasteiger partial charge in [-0.1, -0.05) is 65.0 Å². The van der Waals surface area contributed by atoms with Crippen molar-refractivity contribution in [1.82, 2.24) is 10.3 Å². The van der Waals surface area contributed by atoms with Crippen molar-refractivity contribution in [3.8, 4) is 0 Å². The van der Waals surface area contributed by atoms with E-state index >= 15 is 4.39 Å². The molecule has 250 valence electrons. The van der Waals surface area contributed by atoms with E-state index in [1.807, 2.05) is 56.3 Å². The minimum atomic E-state index is -2.97. The maximum atomic E-state index is 16.3. The van der Waals surface area contributed by atoms with Gasteiger partial charge in [0.1, 0.15) is 11.9 Å². The van der Waals surface area contributed by atoms with Gasteiger partial charge in [0.15, 0.2) is 11.4 Å². The van der Waals surface area contributed by atoms with Crippen LogP contribution >= 0.6 is 0 Å². The molecule has 1 N–H and O–H groups in total. The summed E-state index contributed by atoms with van der Waals surface area (Å²) < 4.78 is 34.0. The van der Waals surface area contributed by atoms with Gasteiger partial charge in [0.2, 0.25) is 0 Å². The van der Waals surface area contributed by atoms with Gasteiger partial charge in [-0.15, -0.1) is 0 Å². The van der Waals surface area contributed by atoms with Crippen molar-refractivity contribution in [3.05, 3.63) is 48.2 Å². The minimum Gasteiger partial charge on any atom is -0.455 e. The van der Waals surface area contributed by atoms with Crippen LogP contribution in [0.2, 0.25) is 0 Å². The fraction of sp³-hybridized carbons (Fsp3) is 0.583. The number of para-hydroxylation sites is 1. The van der Waals surface area contributed by atoms with Crippen LogP contribution in [0.15, 0.2) is 42.6 Å². The number of ether oxygens (including phenoxy) is 3. The molecule has 1 aromatic carbocycles. The van der Waals surface area contributed by atoms with Crippen molar-refractivity contribution >= 4 is 40.6 Å². The zero-order valence-corrected chi connectivity index (χ0v) is 28.1. The molecule has 3 heterocycles. The summed E-state index contributed by atoms with van der Waals surface area (Å²) in [7, 11) is 0. The number of aromatic nitrogens is 1. The van der Waals surface area contributed by atoms with Gasteiger partial charge >= 0.3 is 12.1 Å². The van der Waals surface area contributed by atoms with E-state index in [0.717, 1.165) is 23.4 Å². The normalized spacial score (nSPS) is 36.2. The molecule has 1 amide bonds. The molecule has 2 aliphatic rings. The molecule has 0 unspecified atom stereocenters. The first-order valence-electron chi connectivity index (χ1n) is 16.2. The van der Waals surface area contributed by atoms with Crippen molar-refractivity contribution in [3.63, 3.8) is 0 Å². The summed E-state index contributed by atoms with van der Waals surface area (Å²) in [6.07, 6.45) is 4.44. The Labute approximate surface area is 270 Å². The van der Waals surface area contributed by atoms with Crippen LogP contribution in [0.25, 0.3) is 17.0 Å². The van der Waals surface area contributed by atoms with Gasteiger partial charge in [0.05, 0.1) is 23.8 Å². The summed E-state index contributed by atoms with van der Waals surface area (Å²) in [6, 6.07) is 8.96. The summed E-state index contributed by atoms with van der Waals surface area (Å²) in [6.45, 7) is 13.1. The van der Waals surface area contributed by atoms with E-state index in [9.17, 15) is 19.2 Å². The monoisotopic (exact) mass is 638 g/mol. The number of alkyl halides is 1. The molecule has 2 saturated heterocycles. The maximum Gasteiger partial charge on any atom is 0.408 e. The van der Waals surface area contributed by atoms with Crippen molar-refractivity contribution in [2.24, 2.45) is 23.7 Å². The van der Waals surface area contributed by atoms with Crippen LogP contribution in [0.1, 0.15) is 80.2 Å². The molecule has 0 spiro atoms. The predicted molar refractivity (Wildman–Crippen MR) is 173 cm³/mol. The number of carbonyl (C=O) groups is 4. The van der Waals surface area contributed by atoms with Crippen LogP contribution in [0.4, 0.5) is 9.18 Å². The number of nitrogens with one attached hydrogen (secondary N) is 1. The van der Waals surface area contributed by atoms with Crippen molar-refractivity contribution in [2.45, 2.75) is 104 Å². The highest BCUT2D eigenvalue weighted by atomic mass is 19.1. The Balaban J connectivity index is 1.69. The average molecular weight is 639 g/mol. The van der Waals surface area contributed by atoms with Gasteiger partial charge in [0, 0.05) is 29.3 Å². The molecule has 1 aromatic heterocycles.